The lowest BCUT2D eigenvalue weighted by Crippen LogP contribution is -2.26. The van der Waals surface area contributed by atoms with Gasteiger partial charge in [-0.25, -0.2) is 4.79 Å². The Morgan fingerprint density at radius 1 is 0.575 bits per heavy atom. The normalized spacial score (nSPS) is 13.1. The van der Waals surface area contributed by atoms with E-state index in [2.05, 4.69) is 74.6 Å². The molecule has 0 aliphatic rings. The summed E-state index contributed by atoms with van der Waals surface area (Å²) >= 11 is 0. The minimum atomic E-state index is -1.03. The molecule has 0 amide bonds. The van der Waals surface area contributed by atoms with E-state index >= 15 is 0 Å². The van der Waals surface area contributed by atoms with Crippen molar-refractivity contribution in [3.8, 4) is 0 Å². The number of carbonyl (C=O) groups is 2. The molecule has 0 rings (SSSR count). The van der Waals surface area contributed by atoms with Crippen molar-refractivity contribution in [1.29, 1.82) is 0 Å². The number of esters is 1. The van der Waals surface area contributed by atoms with E-state index in [-0.39, 0.29) is 6.42 Å². The van der Waals surface area contributed by atoms with Crippen LogP contribution >= 0.6 is 0 Å². The monoisotopic (exact) mass is 556 g/mol. The highest BCUT2D eigenvalue weighted by atomic mass is 16.6. The maximum Gasteiger partial charge on any atom is 0.345 e. The molecule has 0 radical (unpaired) electrons. The molecule has 0 aromatic rings. The van der Waals surface area contributed by atoms with E-state index in [1.54, 1.807) is 0 Å². The SMILES string of the molecule is CC/C=C\C/C=C\C/C=C\C/C=C\C/C=C\CCCC(=O)OC(CCCCCCCCCCCCCC)C(=O)O. The summed E-state index contributed by atoms with van der Waals surface area (Å²) in [7, 11) is 0. The number of carboxylic acid groups (broad SMARTS) is 1. The predicted molar refractivity (Wildman–Crippen MR) is 172 cm³/mol. The number of rotatable bonds is 28. The first-order valence-corrected chi connectivity index (χ1v) is 16.3. The van der Waals surface area contributed by atoms with Crippen LogP contribution in [-0.2, 0) is 14.3 Å². The Labute approximate surface area is 246 Å². The van der Waals surface area contributed by atoms with Crippen molar-refractivity contribution in [3.05, 3.63) is 60.8 Å². The van der Waals surface area contributed by atoms with E-state index in [0.717, 1.165) is 57.8 Å². The van der Waals surface area contributed by atoms with Gasteiger partial charge in [-0.05, 0) is 57.8 Å². The van der Waals surface area contributed by atoms with Crippen molar-refractivity contribution >= 4 is 11.9 Å². The molecule has 4 nitrogen and oxygen atoms in total. The molecular formula is C36H60O4. The number of hydrogen-bond acceptors (Lipinski definition) is 3. The van der Waals surface area contributed by atoms with E-state index in [9.17, 15) is 14.7 Å². The Kier molecular flexibility index (Phi) is 29.3. The zero-order chi connectivity index (χ0) is 29.4. The van der Waals surface area contributed by atoms with Crippen LogP contribution in [0, 0.1) is 0 Å². The fraction of sp³-hybridized carbons (Fsp3) is 0.667. The highest BCUT2D eigenvalue weighted by molar-refractivity contribution is 5.77. The third-order valence-electron chi connectivity index (χ3n) is 6.78. The van der Waals surface area contributed by atoms with Crippen molar-refractivity contribution in [2.75, 3.05) is 0 Å². The van der Waals surface area contributed by atoms with Crippen LogP contribution in [-0.4, -0.2) is 23.1 Å². The number of allylic oxidation sites excluding steroid dienone is 10. The summed E-state index contributed by atoms with van der Waals surface area (Å²) in [6, 6.07) is 0. The van der Waals surface area contributed by atoms with E-state index in [1.807, 2.05) is 0 Å². The number of aliphatic carboxylic acids is 1. The minimum absolute atomic E-state index is 0.260. The molecule has 1 N–H and O–H groups in total. The molecule has 1 atom stereocenters. The summed E-state index contributed by atoms with van der Waals surface area (Å²) in [6.07, 6.45) is 42.4. The molecule has 0 fully saturated rings. The largest absolute Gasteiger partial charge is 0.479 e. The summed E-state index contributed by atoms with van der Waals surface area (Å²) in [6.45, 7) is 4.39. The Bertz CT molecular complexity index is 729. The van der Waals surface area contributed by atoms with Crippen LogP contribution in [0.3, 0.4) is 0 Å². The van der Waals surface area contributed by atoms with Gasteiger partial charge in [0.25, 0.3) is 0 Å². The highest BCUT2D eigenvalue weighted by Crippen LogP contribution is 2.14. The van der Waals surface area contributed by atoms with Crippen LogP contribution in [0.5, 0.6) is 0 Å². The minimum Gasteiger partial charge on any atom is -0.479 e. The fourth-order valence-corrected chi connectivity index (χ4v) is 4.35. The predicted octanol–water partition coefficient (Wildman–Crippen LogP) is 11.0. The Morgan fingerprint density at radius 2 is 1.00 bits per heavy atom. The van der Waals surface area contributed by atoms with Gasteiger partial charge in [-0.15, -0.1) is 0 Å². The first kappa shape index (κ1) is 37.6. The maximum absolute atomic E-state index is 12.1. The number of ether oxygens (including phenoxy) is 1. The molecule has 0 bridgehead atoms. The van der Waals surface area contributed by atoms with E-state index in [1.165, 1.54) is 57.8 Å². The Hall–Kier alpha value is -2.36. The molecule has 0 aliphatic heterocycles. The van der Waals surface area contributed by atoms with Crippen molar-refractivity contribution in [3.63, 3.8) is 0 Å². The fourth-order valence-electron chi connectivity index (χ4n) is 4.35. The lowest BCUT2D eigenvalue weighted by molar-refractivity contribution is -0.164. The van der Waals surface area contributed by atoms with Gasteiger partial charge >= 0.3 is 11.9 Å². The number of hydrogen-bond donors (Lipinski definition) is 1. The smallest absolute Gasteiger partial charge is 0.345 e. The van der Waals surface area contributed by atoms with Gasteiger partial charge in [0.1, 0.15) is 0 Å². The Balaban J connectivity index is 3.76. The van der Waals surface area contributed by atoms with Crippen LogP contribution in [0.25, 0.3) is 0 Å². The molecule has 228 valence electrons. The molecule has 0 aliphatic carbocycles. The maximum atomic E-state index is 12.1. The third-order valence-corrected chi connectivity index (χ3v) is 6.78. The second-order valence-corrected chi connectivity index (χ2v) is 10.6. The van der Waals surface area contributed by atoms with Crippen LogP contribution < -0.4 is 0 Å². The molecule has 40 heavy (non-hydrogen) atoms. The number of carbonyl (C=O) groups excluding carboxylic acids is 1. The van der Waals surface area contributed by atoms with Crippen molar-refractivity contribution in [2.24, 2.45) is 0 Å². The van der Waals surface area contributed by atoms with Crippen LogP contribution in [0.1, 0.15) is 149 Å². The van der Waals surface area contributed by atoms with E-state index < -0.39 is 18.0 Å². The van der Waals surface area contributed by atoms with Gasteiger partial charge in [0.15, 0.2) is 6.10 Å². The summed E-state index contributed by atoms with van der Waals surface area (Å²) in [5.74, 6) is -1.44. The second kappa shape index (κ2) is 31.2. The van der Waals surface area contributed by atoms with E-state index in [0.29, 0.717) is 12.8 Å². The standard InChI is InChI=1S/C36H60O4/c1-3-5-7-9-11-13-15-17-18-19-20-21-23-25-27-29-31-33-35(37)40-34(36(38)39)32-30-28-26-24-22-16-14-12-10-8-6-4-2/h5,7,11,13,17-18,20-21,25,27,34H,3-4,6,8-10,12,14-16,19,22-24,26,28-33H2,1-2H3,(H,38,39)/b7-5-,13-11-,18-17-,21-20-,27-25-. The van der Waals surface area contributed by atoms with Crippen LogP contribution in [0.2, 0.25) is 0 Å². The van der Waals surface area contributed by atoms with Gasteiger partial charge in [0, 0.05) is 6.42 Å². The lowest BCUT2D eigenvalue weighted by Gasteiger charge is -2.13. The third kappa shape index (κ3) is 28.6. The zero-order valence-electron chi connectivity index (χ0n) is 25.9. The average Bonchev–Trinajstić information content (AvgIpc) is 2.94. The molecule has 0 aromatic carbocycles. The summed E-state index contributed by atoms with van der Waals surface area (Å²) in [4.78, 5) is 23.6. The molecule has 0 saturated heterocycles. The quantitative estimate of drug-likeness (QED) is 0.0591. The molecule has 4 heteroatoms. The van der Waals surface area contributed by atoms with Gasteiger partial charge in [-0.2, -0.15) is 0 Å². The average molecular weight is 557 g/mol. The summed E-state index contributed by atoms with van der Waals surface area (Å²) in [5, 5.41) is 9.42. The first-order chi connectivity index (χ1) is 19.6. The molecular weight excluding hydrogens is 496 g/mol. The van der Waals surface area contributed by atoms with Gasteiger partial charge in [-0.1, -0.05) is 145 Å². The number of carboxylic acids is 1. The Morgan fingerprint density at radius 3 is 1.45 bits per heavy atom. The first-order valence-electron chi connectivity index (χ1n) is 16.3. The van der Waals surface area contributed by atoms with Crippen LogP contribution in [0.15, 0.2) is 60.8 Å². The summed E-state index contributed by atoms with van der Waals surface area (Å²) < 4.78 is 5.25. The second-order valence-electron chi connectivity index (χ2n) is 10.6. The van der Waals surface area contributed by atoms with Gasteiger partial charge in [-0.3, -0.25) is 4.79 Å². The van der Waals surface area contributed by atoms with Gasteiger partial charge in [0.05, 0.1) is 0 Å². The molecule has 1 unspecified atom stereocenters. The van der Waals surface area contributed by atoms with Crippen LogP contribution in [0.4, 0.5) is 0 Å². The topological polar surface area (TPSA) is 63.6 Å². The van der Waals surface area contributed by atoms with Gasteiger partial charge in [0.2, 0.25) is 0 Å². The van der Waals surface area contributed by atoms with Crippen molar-refractivity contribution in [2.45, 2.75) is 155 Å². The molecule has 0 saturated carbocycles. The molecule has 0 aromatic heterocycles. The lowest BCUT2D eigenvalue weighted by atomic mass is 10.0. The van der Waals surface area contributed by atoms with E-state index in [4.69, 9.17) is 4.74 Å². The summed E-state index contributed by atoms with van der Waals surface area (Å²) in [5.41, 5.74) is 0. The zero-order valence-corrected chi connectivity index (χ0v) is 25.9. The van der Waals surface area contributed by atoms with Gasteiger partial charge < -0.3 is 9.84 Å². The highest BCUT2D eigenvalue weighted by Gasteiger charge is 2.21. The van der Waals surface area contributed by atoms with Crippen molar-refractivity contribution < 1.29 is 19.4 Å². The molecule has 0 heterocycles. The number of unbranched alkanes of at least 4 members (excludes halogenated alkanes) is 12. The molecule has 0 spiro atoms. The van der Waals surface area contributed by atoms with Crippen molar-refractivity contribution in [1.82, 2.24) is 0 Å².